The summed E-state index contributed by atoms with van der Waals surface area (Å²) in [6, 6.07) is 0.147. The standard InChI is InChI=1S/C13H24N2O3S/c16-19(17,13-3-5-18-6-4-13)15-12-2-1-10-8-14-9-11(10)7-12/h10-15H,1-9H2/t10-,11+,12?/m0/s1. The lowest BCUT2D eigenvalue weighted by molar-refractivity contribution is 0.0979. The molecule has 0 amide bonds. The number of nitrogens with one attached hydrogen (secondary N) is 2. The molecule has 0 aromatic heterocycles. The molecule has 1 unspecified atom stereocenters. The first kappa shape index (κ1) is 13.8. The van der Waals surface area contributed by atoms with Crippen molar-refractivity contribution in [3.05, 3.63) is 0 Å². The normalized spacial score (nSPS) is 37.2. The van der Waals surface area contributed by atoms with Gasteiger partial charge in [-0.3, -0.25) is 0 Å². The minimum atomic E-state index is -3.16. The molecule has 110 valence electrons. The summed E-state index contributed by atoms with van der Waals surface area (Å²) in [5.41, 5.74) is 0. The van der Waals surface area contributed by atoms with Gasteiger partial charge in [-0.2, -0.15) is 0 Å². The van der Waals surface area contributed by atoms with Gasteiger partial charge in [0, 0.05) is 19.3 Å². The molecule has 2 heterocycles. The van der Waals surface area contributed by atoms with Crippen molar-refractivity contribution in [1.82, 2.24) is 10.0 Å². The van der Waals surface area contributed by atoms with Crippen molar-refractivity contribution in [2.24, 2.45) is 11.8 Å². The lowest BCUT2D eigenvalue weighted by Gasteiger charge is -2.33. The van der Waals surface area contributed by atoms with Gasteiger partial charge < -0.3 is 10.1 Å². The molecule has 3 aliphatic rings. The fourth-order valence-electron chi connectivity index (χ4n) is 3.72. The summed E-state index contributed by atoms with van der Waals surface area (Å²) in [6.45, 7) is 3.32. The Balaban J connectivity index is 1.58. The van der Waals surface area contributed by atoms with Crippen LogP contribution >= 0.6 is 0 Å². The third-order valence-electron chi connectivity index (χ3n) is 4.89. The van der Waals surface area contributed by atoms with Gasteiger partial charge >= 0.3 is 0 Å². The molecule has 3 rings (SSSR count). The van der Waals surface area contributed by atoms with Gasteiger partial charge in [0.2, 0.25) is 10.0 Å². The van der Waals surface area contributed by atoms with Gasteiger partial charge in [0.15, 0.2) is 0 Å². The van der Waals surface area contributed by atoms with Crippen molar-refractivity contribution in [3.8, 4) is 0 Å². The number of hydrogen-bond acceptors (Lipinski definition) is 4. The highest BCUT2D eigenvalue weighted by molar-refractivity contribution is 7.90. The van der Waals surface area contributed by atoms with Crippen LogP contribution in [0.25, 0.3) is 0 Å². The zero-order valence-electron chi connectivity index (χ0n) is 11.3. The lowest BCUT2D eigenvalue weighted by atomic mass is 9.79. The van der Waals surface area contributed by atoms with E-state index < -0.39 is 10.0 Å². The molecular formula is C13H24N2O3S. The minimum Gasteiger partial charge on any atom is -0.381 e. The van der Waals surface area contributed by atoms with E-state index in [4.69, 9.17) is 4.74 Å². The second-order valence-electron chi connectivity index (χ2n) is 6.16. The van der Waals surface area contributed by atoms with Gasteiger partial charge in [-0.05, 0) is 57.0 Å². The van der Waals surface area contributed by atoms with Gasteiger partial charge in [0.05, 0.1) is 5.25 Å². The molecule has 5 nitrogen and oxygen atoms in total. The van der Waals surface area contributed by atoms with Crippen LogP contribution in [-0.2, 0) is 14.8 Å². The maximum Gasteiger partial charge on any atom is 0.214 e. The van der Waals surface area contributed by atoms with E-state index in [0.717, 1.165) is 38.3 Å². The zero-order chi connectivity index (χ0) is 13.3. The van der Waals surface area contributed by atoms with Crippen LogP contribution in [0.1, 0.15) is 32.1 Å². The van der Waals surface area contributed by atoms with Crippen molar-refractivity contribution in [1.29, 1.82) is 0 Å². The molecule has 3 atom stereocenters. The molecule has 19 heavy (non-hydrogen) atoms. The highest BCUT2D eigenvalue weighted by Crippen LogP contribution is 2.33. The second kappa shape index (κ2) is 5.68. The molecule has 1 aliphatic carbocycles. The fourth-order valence-corrected chi connectivity index (χ4v) is 5.41. The van der Waals surface area contributed by atoms with E-state index in [1.165, 1.54) is 0 Å². The summed E-state index contributed by atoms with van der Waals surface area (Å²) in [7, 11) is -3.16. The van der Waals surface area contributed by atoms with E-state index in [1.54, 1.807) is 0 Å². The summed E-state index contributed by atoms with van der Waals surface area (Å²) >= 11 is 0. The molecule has 1 saturated carbocycles. The minimum absolute atomic E-state index is 0.147. The quantitative estimate of drug-likeness (QED) is 0.792. The van der Waals surface area contributed by atoms with Crippen LogP contribution in [0, 0.1) is 11.8 Å². The maximum atomic E-state index is 12.4. The van der Waals surface area contributed by atoms with Crippen LogP contribution in [-0.4, -0.2) is 46.0 Å². The Bertz CT molecular complexity index is 406. The number of ether oxygens (including phenoxy) is 1. The smallest absolute Gasteiger partial charge is 0.214 e. The van der Waals surface area contributed by atoms with E-state index in [2.05, 4.69) is 10.0 Å². The molecule has 2 saturated heterocycles. The molecule has 0 bridgehead atoms. The van der Waals surface area contributed by atoms with E-state index in [9.17, 15) is 8.42 Å². The van der Waals surface area contributed by atoms with Crippen molar-refractivity contribution in [2.75, 3.05) is 26.3 Å². The van der Waals surface area contributed by atoms with Crippen LogP contribution in [0.2, 0.25) is 0 Å². The predicted molar refractivity (Wildman–Crippen MR) is 73.4 cm³/mol. The number of sulfonamides is 1. The largest absolute Gasteiger partial charge is 0.381 e. The molecule has 3 fully saturated rings. The first-order valence-corrected chi connectivity index (χ1v) is 8.99. The summed E-state index contributed by atoms with van der Waals surface area (Å²) in [6.07, 6.45) is 4.41. The fraction of sp³-hybridized carbons (Fsp3) is 1.00. The molecule has 2 aliphatic heterocycles. The van der Waals surface area contributed by atoms with Crippen LogP contribution in [0.15, 0.2) is 0 Å². The van der Waals surface area contributed by atoms with Gasteiger partial charge in [0.25, 0.3) is 0 Å². The lowest BCUT2D eigenvalue weighted by Crippen LogP contribution is -2.45. The van der Waals surface area contributed by atoms with Gasteiger partial charge in [-0.1, -0.05) is 0 Å². The predicted octanol–water partition coefficient (Wildman–Crippen LogP) is 0.473. The topological polar surface area (TPSA) is 67.4 Å². The zero-order valence-corrected chi connectivity index (χ0v) is 12.1. The van der Waals surface area contributed by atoms with Crippen LogP contribution in [0.4, 0.5) is 0 Å². The summed E-state index contributed by atoms with van der Waals surface area (Å²) < 4.78 is 32.9. The first-order valence-electron chi connectivity index (χ1n) is 7.45. The van der Waals surface area contributed by atoms with Crippen molar-refractivity contribution < 1.29 is 13.2 Å². The Morgan fingerprint density at radius 2 is 1.74 bits per heavy atom. The Hall–Kier alpha value is -0.170. The van der Waals surface area contributed by atoms with Crippen LogP contribution in [0.3, 0.4) is 0 Å². The highest BCUT2D eigenvalue weighted by Gasteiger charge is 2.36. The number of hydrogen-bond donors (Lipinski definition) is 2. The Morgan fingerprint density at radius 1 is 1.00 bits per heavy atom. The van der Waals surface area contributed by atoms with Crippen molar-refractivity contribution >= 4 is 10.0 Å². The van der Waals surface area contributed by atoms with E-state index in [-0.39, 0.29) is 11.3 Å². The molecule has 0 aromatic carbocycles. The van der Waals surface area contributed by atoms with Gasteiger partial charge in [-0.25, -0.2) is 13.1 Å². The maximum absolute atomic E-state index is 12.4. The van der Waals surface area contributed by atoms with Gasteiger partial charge in [0.1, 0.15) is 0 Å². The Labute approximate surface area is 115 Å². The second-order valence-corrected chi connectivity index (χ2v) is 8.16. The van der Waals surface area contributed by atoms with Gasteiger partial charge in [-0.15, -0.1) is 0 Å². The van der Waals surface area contributed by atoms with Crippen LogP contribution in [0.5, 0.6) is 0 Å². The monoisotopic (exact) mass is 288 g/mol. The molecule has 6 heteroatoms. The summed E-state index contributed by atoms with van der Waals surface area (Å²) in [5.74, 6) is 1.43. The summed E-state index contributed by atoms with van der Waals surface area (Å²) in [4.78, 5) is 0. The summed E-state index contributed by atoms with van der Waals surface area (Å²) in [5, 5.41) is 3.17. The van der Waals surface area contributed by atoms with Crippen molar-refractivity contribution in [3.63, 3.8) is 0 Å². The molecule has 0 spiro atoms. The van der Waals surface area contributed by atoms with E-state index in [0.29, 0.717) is 32.0 Å². The Morgan fingerprint density at radius 3 is 2.53 bits per heavy atom. The molecule has 0 radical (unpaired) electrons. The van der Waals surface area contributed by atoms with Crippen LogP contribution < -0.4 is 10.0 Å². The van der Waals surface area contributed by atoms with E-state index in [1.807, 2.05) is 0 Å². The third kappa shape index (κ3) is 3.12. The number of rotatable bonds is 3. The van der Waals surface area contributed by atoms with E-state index >= 15 is 0 Å². The Kier molecular flexibility index (Phi) is 4.12. The molecule has 2 N–H and O–H groups in total. The van der Waals surface area contributed by atoms with Crippen molar-refractivity contribution in [2.45, 2.75) is 43.4 Å². The molecule has 0 aromatic rings. The third-order valence-corrected chi connectivity index (χ3v) is 6.90. The molecular weight excluding hydrogens is 264 g/mol. The highest BCUT2D eigenvalue weighted by atomic mass is 32.2. The average Bonchev–Trinajstić information content (AvgIpc) is 2.87. The SMILES string of the molecule is O=S(=O)(NC1CC[C@H]2CNC[C@H]2C1)C1CCOCC1. The average molecular weight is 288 g/mol. The number of fused-ring (bicyclic) bond motifs is 1. The first-order chi connectivity index (χ1) is 9.15.